The molecule has 3 aromatic heterocycles. The number of carbonyl (C=O) groups is 2. The van der Waals surface area contributed by atoms with Crippen LogP contribution in [-0.2, 0) is 0 Å². The Morgan fingerprint density at radius 1 is 1.07 bits per heavy atom. The summed E-state index contributed by atoms with van der Waals surface area (Å²) in [6.07, 6.45) is 6.41. The monoisotopic (exact) mass is 372 g/mol. The van der Waals surface area contributed by atoms with E-state index in [-0.39, 0.29) is 5.78 Å². The van der Waals surface area contributed by atoms with Crippen molar-refractivity contribution in [1.82, 2.24) is 15.0 Å². The maximum Gasteiger partial charge on any atom is 0.249 e. The van der Waals surface area contributed by atoms with Crippen molar-refractivity contribution in [2.24, 2.45) is 5.73 Å². The molecule has 28 heavy (non-hydrogen) atoms. The molecule has 0 bridgehead atoms. The number of hydrogen-bond donors (Lipinski definition) is 2. The number of amides is 1. The van der Waals surface area contributed by atoms with E-state index in [0.717, 1.165) is 0 Å². The third-order valence-electron chi connectivity index (χ3n) is 4.52. The molecule has 3 N–H and O–H groups in total. The van der Waals surface area contributed by atoms with Gasteiger partial charge in [0.05, 0.1) is 12.7 Å². The summed E-state index contributed by atoms with van der Waals surface area (Å²) < 4.78 is 5.18. The molecule has 3 heterocycles. The largest absolute Gasteiger partial charge is 0.497 e. The van der Waals surface area contributed by atoms with Crippen LogP contribution in [0.5, 0.6) is 5.75 Å². The Morgan fingerprint density at radius 3 is 2.57 bits per heavy atom. The molecule has 0 aliphatic rings. The maximum absolute atomic E-state index is 12.9. The summed E-state index contributed by atoms with van der Waals surface area (Å²) in [7, 11) is 1.52. The minimum Gasteiger partial charge on any atom is -0.497 e. The van der Waals surface area contributed by atoms with Crippen molar-refractivity contribution in [2.45, 2.75) is 0 Å². The van der Waals surface area contributed by atoms with Crippen molar-refractivity contribution in [2.75, 3.05) is 7.11 Å². The normalized spacial score (nSPS) is 10.8. The number of fused-ring (bicyclic) bond motifs is 1. The van der Waals surface area contributed by atoms with Gasteiger partial charge in [0, 0.05) is 46.9 Å². The molecule has 0 aliphatic heterocycles. The van der Waals surface area contributed by atoms with Gasteiger partial charge in [0.1, 0.15) is 11.4 Å². The fourth-order valence-corrected chi connectivity index (χ4v) is 3.10. The third-order valence-corrected chi connectivity index (χ3v) is 4.52. The minimum atomic E-state index is -0.573. The van der Waals surface area contributed by atoms with E-state index in [2.05, 4.69) is 15.0 Å². The van der Waals surface area contributed by atoms with E-state index < -0.39 is 5.91 Å². The van der Waals surface area contributed by atoms with Crippen LogP contribution in [0.25, 0.3) is 22.2 Å². The third kappa shape index (κ3) is 2.99. The maximum atomic E-state index is 12.9. The molecular formula is C21H16N4O3. The lowest BCUT2D eigenvalue weighted by Gasteiger charge is -2.09. The summed E-state index contributed by atoms with van der Waals surface area (Å²) >= 11 is 0. The Balaban J connectivity index is 1.85. The van der Waals surface area contributed by atoms with Gasteiger partial charge in [-0.15, -0.1) is 0 Å². The van der Waals surface area contributed by atoms with Gasteiger partial charge >= 0.3 is 0 Å². The Bertz CT molecular complexity index is 1200. The topological polar surface area (TPSA) is 111 Å². The zero-order chi connectivity index (χ0) is 19.7. The van der Waals surface area contributed by atoms with Crippen LogP contribution in [0.4, 0.5) is 0 Å². The fourth-order valence-electron chi connectivity index (χ4n) is 3.10. The Labute approximate surface area is 160 Å². The van der Waals surface area contributed by atoms with Gasteiger partial charge in [0.25, 0.3) is 0 Å². The molecule has 0 atom stereocenters. The number of benzene rings is 1. The van der Waals surface area contributed by atoms with Gasteiger partial charge in [-0.25, -0.2) is 4.98 Å². The number of rotatable bonds is 5. The quantitative estimate of drug-likeness (QED) is 0.523. The fraction of sp³-hybridized carbons (Fsp3) is 0.0476. The average molecular weight is 372 g/mol. The summed E-state index contributed by atoms with van der Waals surface area (Å²) in [6, 6.07) is 10.2. The molecule has 0 saturated carbocycles. The van der Waals surface area contributed by atoms with E-state index in [1.807, 2.05) is 6.07 Å². The number of nitrogens with one attached hydrogen (secondary N) is 1. The number of H-pyrrole nitrogens is 1. The molecular weight excluding hydrogens is 356 g/mol. The predicted molar refractivity (Wildman–Crippen MR) is 104 cm³/mol. The summed E-state index contributed by atoms with van der Waals surface area (Å²) in [5.74, 6) is -0.185. The number of carbonyl (C=O) groups excluding carboxylic acids is 2. The molecule has 0 saturated heterocycles. The van der Waals surface area contributed by atoms with Crippen LogP contribution < -0.4 is 10.5 Å². The number of primary amides is 1. The number of pyridine rings is 2. The van der Waals surface area contributed by atoms with Gasteiger partial charge in [-0.1, -0.05) is 0 Å². The Morgan fingerprint density at radius 2 is 1.86 bits per heavy atom. The molecule has 1 amide bonds. The minimum absolute atomic E-state index is 0.141. The highest BCUT2D eigenvalue weighted by Gasteiger charge is 2.17. The van der Waals surface area contributed by atoms with Crippen LogP contribution >= 0.6 is 0 Å². The molecule has 0 fully saturated rings. The van der Waals surface area contributed by atoms with Crippen molar-refractivity contribution < 1.29 is 14.3 Å². The highest BCUT2D eigenvalue weighted by molar-refractivity contribution is 6.16. The number of ketones is 1. The lowest BCUT2D eigenvalue weighted by atomic mass is 9.98. The van der Waals surface area contributed by atoms with Gasteiger partial charge in [-0.3, -0.25) is 14.6 Å². The van der Waals surface area contributed by atoms with Crippen LogP contribution in [0, 0.1) is 0 Å². The molecule has 0 radical (unpaired) electrons. The number of nitrogens with zero attached hydrogens (tertiary/aromatic N) is 2. The highest BCUT2D eigenvalue weighted by Crippen LogP contribution is 2.30. The molecule has 0 aliphatic carbocycles. The van der Waals surface area contributed by atoms with Crippen molar-refractivity contribution in [1.29, 1.82) is 0 Å². The lowest BCUT2D eigenvalue weighted by molar-refractivity contribution is 0.0998. The second-order valence-electron chi connectivity index (χ2n) is 6.16. The first-order chi connectivity index (χ1) is 13.6. The summed E-state index contributed by atoms with van der Waals surface area (Å²) in [6.45, 7) is 0. The van der Waals surface area contributed by atoms with E-state index in [9.17, 15) is 9.59 Å². The molecule has 138 valence electrons. The lowest BCUT2D eigenvalue weighted by Crippen LogP contribution is -2.12. The number of nitrogens with two attached hydrogens (primary N) is 1. The van der Waals surface area contributed by atoms with Gasteiger partial charge in [0.2, 0.25) is 5.91 Å². The zero-order valence-electron chi connectivity index (χ0n) is 15.0. The van der Waals surface area contributed by atoms with Crippen LogP contribution in [-0.4, -0.2) is 33.8 Å². The van der Waals surface area contributed by atoms with Gasteiger partial charge in [-0.05, 0) is 42.0 Å². The molecule has 0 spiro atoms. The van der Waals surface area contributed by atoms with Crippen molar-refractivity contribution in [3.8, 4) is 16.9 Å². The van der Waals surface area contributed by atoms with Gasteiger partial charge < -0.3 is 15.5 Å². The van der Waals surface area contributed by atoms with Crippen molar-refractivity contribution in [3.05, 3.63) is 77.9 Å². The summed E-state index contributed by atoms with van der Waals surface area (Å²) in [5.41, 5.74) is 8.75. The summed E-state index contributed by atoms with van der Waals surface area (Å²) in [4.78, 5) is 36.1. The molecule has 4 rings (SSSR count). The Hall–Kier alpha value is -4.00. The second kappa shape index (κ2) is 6.96. The van der Waals surface area contributed by atoms with Gasteiger partial charge in [-0.2, -0.15) is 0 Å². The van der Waals surface area contributed by atoms with Crippen molar-refractivity contribution >= 4 is 22.7 Å². The second-order valence-corrected chi connectivity index (χ2v) is 6.16. The molecule has 7 heteroatoms. The van der Waals surface area contributed by atoms with Gasteiger partial charge in [0.15, 0.2) is 5.78 Å². The standard InChI is InChI=1S/C21H16N4O3/c1-28-14-2-3-15(16(9-14)20(22)27)13-8-17-18(11-25-21(17)24-10-13)19(26)12-4-6-23-7-5-12/h2-11H,1H3,(H2,22,27)(H,24,25). The average Bonchev–Trinajstić information content (AvgIpc) is 3.16. The van der Waals surface area contributed by atoms with E-state index in [0.29, 0.717) is 44.6 Å². The SMILES string of the molecule is COc1ccc(-c2cnc3[nH]cc(C(=O)c4ccncc4)c3c2)c(C(N)=O)c1. The Kier molecular flexibility index (Phi) is 4.33. The molecule has 4 aromatic rings. The number of methoxy groups -OCH3 is 1. The van der Waals surface area contributed by atoms with E-state index in [1.165, 1.54) is 7.11 Å². The van der Waals surface area contributed by atoms with E-state index >= 15 is 0 Å². The van der Waals surface area contributed by atoms with Crippen LogP contribution in [0.3, 0.4) is 0 Å². The number of aromatic amines is 1. The first kappa shape index (κ1) is 17.4. The van der Waals surface area contributed by atoms with Crippen molar-refractivity contribution in [3.63, 3.8) is 0 Å². The number of hydrogen-bond acceptors (Lipinski definition) is 5. The molecule has 0 unspecified atom stereocenters. The van der Waals surface area contributed by atoms with E-state index in [1.54, 1.807) is 55.1 Å². The van der Waals surface area contributed by atoms with Crippen LogP contribution in [0.15, 0.2) is 61.2 Å². The smallest absolute Gasteiger partial charge is 0.249 e. The first-order valence-corrected chi connectivity index (χ1v) is 8.48. The number of ether oxygens (including phenoxy) is 1. The van der Waals surface area contributed by atoms with Crippen LogP contribution in [0.1, 0.15) is 26.3 Å². The summed E-state index contributed by atoms with van der Waals surface area (Å²) in [5, 5.41) is 0.658. The first-order valence-electron chi connectivity index (χ1n) is 8.48. The predicted octanol–water partition coefficient (Wildman–Crippen LogP) is 2.96. The van der Waals surface area contributed by atoms with E-state index in [4.69, 9.17) is 10.5 Å². The molecule has 1 aromatic carbocycles. The highest BCUT2D eigenvalue weighted by atomic mass is 16.5. The zero-order valence-corrected chi connectivity index (χ0v) is 15.0. The molecule has 7 nitrogen and oxygen atoms in total. The number of aromatic nitrogens is 3. The van der Waals surface area contributed by atoms with Crippen LogP contribution in [0.2, 0.25) is 0 Å².